The summed E-state index contributed by atoms with van der Waals surface area (Å²) in [5.41, 5.74) is 1.60. The number of nitrogens with zero attached hydrogens (tertiary/aromatic N) is 3. The Morgan fingerprint density at radius 3 is 2.58 bits per heavy atom. The summed E-state index contributed by atoms with van der Waals surface area (Å²) in [7, 11) is 0. The Bertz CT molecular complexity index is 509. The first-order valence-corrected chi connectivity index (χ1v) is 7.13. The van der Waals surface area contributed by atoms with Crippen molar-refractivity contribution in [1.82, 2.24) is 9.97 Å². The maximum Gasteiger partial charge on any atom is 0.225 e. The summed E-state index contributed by atoms with van der Waals surface area (Å²) in [5, 5.41) is 14.1. The van der Waals surface area contributed by atoms with E-state index in [1.54, 1.807) is 23.7 Å². The van der Waals surface area contributed by atoms with Crippen molar-refractivity contribution in [2.45, 2.75) is 6.10 Å². The van der Waals surface area contributed by atoms with Crippen LogP contribution in [0, 0.1) is 0 Å². The van der Waals surface area contributed by atoms with Gasteiger partial charge in [-0.2, -0.15) is 11.3 Å². The van der Waals surface area contributed by atoms with Crippen LogP contribution in [-0.2, 0) is 4.74 Å². The molecular weight excluding hydrogens is 262 g/mol. The molecule has 2 aromatic heterocycles. The zero-order valence-corrected chi connectivity index (χ0v) is 11.2. The van der Waals surface area contributed by atoms with E-state index in [1.165, 1.54) is 0 Å². The van der Waals surface area contributed by atoms with Crippen molar-refractivity contribution in [3.8, 4) is 0 Å². The molecule has 0 amide bonds. The molecule has 1 atom stereocenters. The fourth-order valence-electron chi connectivity index (χ4n) is 2.02. The number of hydrogen-bond acceptors (Lipinski definition) is 6. The van der Waals surface area contributed by atoms with Gasteiger partial charge in [-0.05, 0) is 22.4 Å². The molecule has 1 fully saturated rings. The van der Waals surface area contributed by atoms with E-state index < -0.39 is 6.10 Å². The summed E-state index contributed by atoms with van der Waals surface area (Å²) in [6, 6.07) is 1.91. The second-order valence-electron chi connectivity index (χ2n) is 4.38. The van der Waals surface area contributed by atoms with Gasteiger partial charge in [-0.15, -0.1) is 0 Å². The van der Waals surface area contributed by atoms with Crippen molar-refractivity contribution in [3.05, 3.63) is 40.3 Å². The Kier molecular flexibility index (Phi) is 3.72. The Morgan fingerprint density at radius 1 is 1.21 bits per heavy atom. The molecule has 0 spiro atoms. The Labute approximate surface area is 115 Å². The normalized spacial score (nSPS) is 17.4. The number of rotatable bonds is 3. The average molecular weight is 277 g/mol. The van der Waals surface area contributed by atoms with Crippen LogP contribution < -0.4 is 4.90 Å². The van der Waals surface area contributed by atoms with Gasteiger partial charge >= 0.3 is 0 Å². The number of ether oxygens (including phenoxy) is 1. The van der Waals surface area contributed by atoms with E-state index in [4.69, 9.17) is 4.74 Å². The average Bonchev–Trinajstić information content (AvgIpc) is 3.02. The standard InChI is InChI=1S/C13H15N3O2S/c17-12(10-1-6-19-9-10)11-7-14-13(15-8-11)16-2-4-18-5-3-16/h1,6-9,12,17H,2-5H2. The van der Waals surface area contributed by atoms with Crippen LogP contribution >= 0.6 is 11.3 Å². The third-order valence-corrected chi connectivity index (χ3v) is 3.83. The number of anilines is 1. The highest BCUT2D eigenvalue weighted by molar-refractivity contribution is 7.07. The Hall–Kier alpha value is -1.50. The van der Waals surface area contributed by atoms with Gasteiger partial charge in [0.25, 0.3) is 0 Å². The fourth-order valence-corrected chi connectivity index (χ4v) is 2.70. The van der Waals surface area contributed by atoms with Gasteiger partial charge < -0.3 is 14.7 Å². The minimum atomic E-state index is -0.648. The van der Waals surface area contributed by atoms with Crippen LogP contribution in [0.5, 0.6) is 0 Å². The molecule has 0 saturated carbocycles. The molecule has 19 heavy (non-hydrogen) atoms. The van der Waals surface area contributed by atoms with Gasteiger partial charge in [0.05, 0.1) is 13.2 Å². The highest BCUT2D eigenvalue weighted by Crippen LogP contribution is 2.23. The molecule has 1 unspecified atom stereocenters. The second-order valence-corrected chi connectivity index (χ2v) is 5.16. The van der Waals surface area contributed by atoms with Crippen LogP contribution in [0.15, 0.2) is 29.2 Å². The van der Waals surface area contributed by atoms with Gasteiger partial charge in [0.2, 0.25) is 5.95 Å². The molecule has 0 aliphatic carbocycles. The predicted molar refractivity (Wildman–Crippen MR) is 73.4 cm³/mol. The number of aliphatic hydroxyl groups is 1. The molecular formula is C13H15N3O2S. The van der Waals surface area contributed by atoms with Crippen molar-refractivity contribution >= 4 is 17.3 Å². The summed E-state index contributed by atoms with van der Waals surface area (Å²) in [6.45, 7) is 3.05. The fraction of sp³-hybridized carbons (Fsp3) is 0.385. The van der Waals surface area contributed by atoms with Crippen molar-refractivity contribution in [1.29, 1.82) is 0 Å². The topological polar surface area (TPSA) is 58.5 Å². The SMILES string of the molecule is OC(c1cnc(N2CCOCC2)nc1)c1ccsc1. The van der Waals surface area contributed by atoms with E-state index in [0.29, 0.717) is 19.2 Å². The largest absolute Gasteiger partial charge is 0.384 e. The maximum atomic E-state index is 10.2. The molecule has 0 bridgehead atoms. The Balaban J connectivity index is 1.75. The number of morpholine rings is 1. The monoisotopic (exact) mass is 277 g/mol. The molecule has 1 saturated heterocycles. The van der Waals surface area contributed by atoms with Crippen LogP contribution in [0.2, 0.25) is 0 Å². The molecule has 6 heteroatoms. The third kappa shape index (κ3) is 2.75. The van der Waals surface area contributed by atoms with Gasteiger partial charge in [-0.3, -0.25) is 0 Å². The first-order chi connectivity index (χ1) is 9.34. The molecule has 1 aliphatic heterocycles. The van der Waals surface area contributed by atoms with Gasteiger partial charge in [0.1, 0.15) is 6.10 Å². The minimum absolute atomic E-state index is 0.648. The van der Waals surface area contributed by atoms with Gasteiger partial charge in [0, 0.05) is 31.0 Å². The van der Waals surface area contributed by atoms with Crippen LogP contribution in [0.3, 0.4) is 0 Å². The van der Waals surface area contributed by atoms with E-state index in [1.807, 2.05) is 16.8 Å². The quantitative estimate of drug-likeness (QED) is 0.920. The lowest BCUT2D eigenvalue weighted by molar-refractivity contribution is 0.122. The number of thiophene rings is 1. The molecule has 3 heterocycles. The Morgan fingerprint density at radius 2 is 1.95 bits per heavy atom. The molecule has 0 radical (unpaired) electrons. The van der Waals surface area contributed by atoms with E-state index in [9.17, 15) is 5.11 Å². The zero-order valence-electron chi connectivity index (χ0n) is 10.4. The number of aliphatic hydroxyl groups excluding tert-OH is 1. The van der Waals surface area contributed by atoms with E-state index in [0.717, 1.165) is 24.2 Å². The summed E-state index contributed by atoms with van der Waals surface area (Å²) in [5.74, 6) is 0.699. The lowest BCUT2D eigenvalue weighted by atomic mass is 10.1. The summed E-state index contributed by atoms with van der Waals surface area (Å²) < 4.78 is 5.30. The molecule has 1 N–H and O–H groups in total. The molecule has 0 aromatic carbocycles. The molecule has 100 valence electrons. The highest BCUT2D eigenvalue weighted by Gasteiger charge is 2.16. The first kappa shape index (κ1) is 12.5. The van der Waals surface area contributed by atoms with Gasteiger partial charge in [-0.1, -0.05) is 0 Å². The second kappa shape index (κ2) is 5.64. The molecule has 5 nitrogen and oxygen atoms in total. The molecule has 1 aliphatic rings. The summed E-state index contributed by atoms with van der Waals surface area (Å²) in [4.78, 5) is 10.8. The van der Waals surface area contributed by atoms with Gasteiger partial charge in [0.15, 0.2) is 0 Å². The highest BCUT2D eigenvalue weighted by atomic mass is 32.1. The van der Waals surface area contributed by atoms with Crippen molar-refractivity contribution in [2.24, 2.45) is 0 Å². The van der Waals surface area contributed by atoms with Crippen molar-refractivity contribution < 1.29 is 9.84 Å². The maximum absolute atomic E-state index is 10.2. The lowest BCUT2D eigenvalue weighted by Crippen LogP contribution is -2.37. The van der Waals surface area contributed by atoms with E-state index in [-0.39, 0.29) is 0 Å². The summed E-state index contributed by atoms with van der Waals surface area (Å²) in [6.07, 6.45) is 2.74. The predicted octanol–water partition coefficient (Wildman–Crippen LogP) is 1.46. The van der Waals surface area contributed by atoms with Crippen LogP contribution in [-0.4, -0.2) is 41.4 Å². The van der Waals surface area contributed by atoms with Crippen LogP contribution in [0.1, 0.15) is 17.2 Å². The van der Waals surface area contributed by atoms with Crippen LogP contribution in [0.4, 0.5) is 5.95 Å². The minimum Gasteiger partial charge on any atom is -0.384 e. The van der Waals surface area contributed by atoms with Gasteiger partial charge in [-0.25, -0.2) is 9.97 Å². The smallest absolute Gasteiger partial charge is 0.225 e. The first-order valence-electron chi connectivity index (χ1n) is 6.19. The van der Waals surface area contributed by atoms with Crippen molar-refractivity contribution in [3.63, 3.8) is 0 Å². The molecule has 3 rings (SSSR count). The van der Waals surface area contributed by atoms with Crippen molar-refractivity contribution in [2.75, 3.05) is 31.2 Å². The summed E-state index contributed by atoms with van der Waals surface area (Å²) >= 11 is 1.57. The number of hydrogen-bond donors (Lipinski definition) is 1. The third-order valence-electron chi connectivity index (χ3n) is 3.13. The van der Waals surface area contributed by atoms with Crippen LogP contribution in [0.25, 0.3) is 0 Å². The number of aromatic nitrogens is 2. The molecule has 2 aromatic rings. The lowest BCUT2D eigenvalue weighted by Gasteiger charge is -2.26. The van der Waals surface area contributed by atoms with E-state index in [2.05, 4.69) is 14.9 Å². The van der Waals surface area contributed by atoms with E-state index >= 15 is 0 Å². The zero-order chi connectivity index (χ0) is 13.1.